The van der Waals surface area contributed by atoms with E-state index >= 15 is 0 Å². The zero-order chi connectivity index (χ0) is 19.2. The number of carbonyl (C=O) groups is 2. The van der Waals surface area contributed by atoms with Crippen LogP contribution in [0.15, 0.2) is 42.5 Å². The van der Waals surface area contributed by atoms with Gasteiger partial charge in [0.1, 0.15) is 5.75 Å². The van der Waals surface area contributed by atoms with E-state index in [1.54, 1.807) is 24.3 Å². The van der Waals surface area contributed by atoms with Crippen molar-refractivity contribution in [3.63, 3.8) is 0 Å². The van der Waals surface area contributed by atoms with E-state index in [0.29, 0.717) is 17.0 Å². The number of aryl methyl sites for hydroxylation is 2. The normalized spacial score (nSPS) is 14.0. The number of nitrogens with one attached hydrogen (secondary N) is 2. The summed E-state index contributed by atoms with van der Waals surface area (Å²) in [5, 5.41) is 5.84. The number of hydrogen-bond acceptors (Lipinski definition) is 3. The van der Waals surface area contributed by atoms with Crippen LogP contribution in [0.3, 0.4) is 0 Å². The van der Waals surface area contributed by atoms with E-state index in [1.165, 1.54) is 5.56 Å². The quantitative estimate of drug-likeness (QED) is 0.812. The molecule has 1 aliphatic rings. The maximum atomic E-state index is 12.6. The van der Waals surface area contributed by atoms with E-state index in [1.807, 2.05) is 32.0 Å². The summed E-state index contributed by atoms with van der Waals surface area (Å²) in [5.41, 5.74) is 3.27. The highest BCUT2D eigenvalue weighted by atomic mass is 16.5. The SMILES string of the molecule is Cc1ccc(OCC(=O)Nc2ccccc2C(=O)NC2CCCC2)cc1C. The van der Waals surface area contributed by atoms with Crippen molar-refractivity contribution >= 4 is 17.5 Å². The van der Waals surface area contributed by atoms with Crippen LogP contribution < -0.4 is 15.4 Å². The molecule has 0 saturated heterocycles. The van der Waals surface area contributed by atoms with E-state index in [2.05, 4.69) is 10.6 Å². The van der Waals surface area contributed by atoms with Gasteiger partial charge in [0.25, 0.3) is 11.8 Å². The molecule has 2 N–H and O–H groups in total. The molecule has 5 nitrogen and oxygen atoms in total. The highest BCUT2D eigenvalue weighted by Crippen LogP contribution is 2.21. The van der Waals surface area contributed by atoms with Gasteiger partial charge in [0.05, 0.1) is 11.3 Å². The summed E-state index contributed by atoms with van der Waals surface area (Å²) in [7, 11) is 0. The van der Waals surface area contributed by atoms with Crippen LogP contribution in [0.4, 0.5) is 5.69 Å². The average molecular weight is 366 g/mol. The van der Waals surface area contributed by atoms with Crippen molar-refractivity contribution in [2.75, 3.05) is 11.9 Å². The summed E-state index contributed by atoms with van der Waals surface area (Å²) in [4.78, 5) is 24.8. The molecule has 0 aliphatic heterocycles. The third kappa shape index (κ3) is 5.09. The first-order chi connectivity index (χ1) is 13.0. The lowest BCUT2D eigenvalue weighted by Gasteiger charge is -2.15. The van der Waals surface area contributed by atoms with Crippen LogP contribution in [0.1, 0.15) is 47.2 Å². The largest absolute Gasteiger partial charge is 0.484 e. The summed E-state index contributed by atoms with van der Waals surface area (Å²) >= 11 is 0. The Morgan fingerprint density at radius 2 is 1.78 bits per heavy atom. The number of ether oxygens (including phenoxy) is 1. The molecule has 2 amide bonds. The molecular weight excluding hydrogens is 340 g/mol. The summed E-state index contributed by atoms with van der Waals surface area (Å²) in [6, 6.07) is 13.0. The maximum Gasteiger partial charge on any atom is 0.262 e. The molecule has 0 aromatic heterocycles. The zero-order valence-electron chi connectivity index (χ0n) is 15.9. The fraction of sp³-hybridized carbons (Fsp3) is 0.364. The van der Waals surface area contributed by atoms with Gasteiger partial charge in [0.15, 0.2) is 6.61 Å². The molecule has 0 atom stereocenters. The number of anilines is 1. The van der Waals surface area contributed by atoms with Crippen LogP contribution >= 0.6 is 0 Å². The Balaban J connectivity index is 1.60. The Morgan fingerprint density at radius 3 is 2.52 bits per heavy atom. The predicted molar refractivity (Wildman–Crippen MR) is 106 cm³/mol. The molecular formula is C22H26N2O3. The predicted octanol–water partition coefficient (Wildman–Crippen LogP) is 3.99. The van der Waals surface area contributed by atoms with Gasteiger partial charge in [0.2, 0.25) is 0 Å². The molecule has 3 rings (SSSR count). The molecule has 5 heteroatoms. The highest BCUT2D eigenvalue weighted by Gasteiger charge is 2.20. The molecule has 0 heterocycles. The molecule has 1 saturated carbocycles. The van der Waals surface area contributed by atoms with Gasteiger partial charge in [0, 0.05) is 6.04 Å². The smallest absolute Gasteiger partial charge is 0.262 e. The van der Waals surface area contributed by atoms with Gasteiger partial charge in [-0.1, -0.05) is 31.0 Å². The lowest BCUT2D eigenvalue weighted by Crippen LogP contribution is -2.33. The minimum absolute atomic E-state index is 0.110. The van der Waals surface area contributed by atoms with Crippen LogP contribution in [-0.4, -0.2) is 24.5 Å². The molecule has 1 fully saturated rings. The molecule has 1 aliphatic carbocycles. The van der Waals surface area contributed by atoms with Gasteiger partial charge in [-0.05, 0) is 62.1 Å². The third-order valence-electron chi connectivity index (χ3n) is 4.98. The summed E-state index contributed by atoms with van der Waals surface area (Å²) < 4.78 is 5.57. The number of benzene rings is 2. The van der Waals surface area contributed by atoms with E-state index in [0.717, 1.165) is 31.2 Å². The average Bonchev–Trinajstić information content (AvgIpc) is 3.16. The van der Waals surface area contributed by atoms with Crippen LogP contribution in [0, 0.1) is 13.8 Å². The third-order valence-corrected chi connectivity index (χ3v) is 4.98. The molecule has 2 aromatic carbocycles. The number of carbonyl (C=O) groups excluding carboxylic acids is 2. The van der Waals surface area contributed by atoms with Gasteiger partial charge < -0.3 is 15.4 Å². The lowest BCUT2D eigenvalue weighted by atomic mass is 10.1. The molecule has 0 unspecified atom stereocenters. The first-order valence-corrected chi connectivity index (χ1v) is 9.43. The molecule has 0 bridgehead atoms. The molecule has 2 aromatic rings. The van der Waals surface area contributed by atoms with E-state index in [9.17, 15) is 9.59 Å². The monoisotopic (exact) mass is 366 g/mol. The van der Waals surface area contributed by atoms with Gasteiger partial charge in [-0.2, -0.15) is 0 Å². The Hall–Kier alpha value is -2.82. The number of hydrogen-bond donors (Lipinski definition) is 2. The first-order valence-electron chi connectivity index (χ1n) is 9.43. The van der Waals surface area contributed by atoms with E-state index in [-0.39, 0.29) is 24.5 Å². The van der Waals surface area contributed by atoms with E-state index in [4.69, 9.17) is 4.74 Å². The van der Waals surface area contributed by atoms with Crippen molar-refractivity contribution in [3.05, 3.63) is 59.2 Å². The van der Waals surface area contributed by atoms with Crippen LogP contribution in [0.2, 0.25) is 0 Å². The van der Waals surface area contributed by atoms with Crippen LogP contribution in [0.5, 0.6) is 5.75 Å². The molecule has 27 heavy (non-hydrogen) atoms. The van der Waals surface area contributed by atoms with Crippen molar-refractivity contribution in [2.24, 2.45) is 0 Å². The summed E-state index contributed by atoms with van der Waals surface area (Å²) in [5.74, 6) is 0.211. The zero-order valence-corrected chi connectivity index (χ0v) is 15.9. The fourth-order valence-corrected chi connectivity index (χ4v) is 3.26. The molecule has 142 valence electrons. The Kier molecular flexibility index (Phi) is 6.12. The van der Waals surface area contributed by atoms with Crippen molar-refractivity contribution < 1.29 is 14.3 Å². The fourth-order valence-electron chi connectivity index (χ4n) is 3.26. The minimum Gasteiger partial charge on any atom is -0.484 e. The maximum absolute atomic E-state index is 12.6. The number of amides is 2. The Bertz CT molecular complexity index is 826. The molecule has 0 spiro atoms. The lowest BCUT2D eigenvalue weighted by molar-refractivity contribution is -0.118. The number of rotatable bonds is 6. The second-order valence-electron chi connectivity index (χ2n) is 7.08. The highest BCUT2D eigenvalue weighted by molar-refractivity contribution is 6.04. The topological polar surface area (TPSA) is 67.4 Å². The molecule has 0 radical (unpaired) electrons. The van der Waals surface area contributed by atoms with Gasteiger partial charge >= 0.3 is 0 Å². The van der Waals surface area contributed by atoms with E-state index < -0.39 is 0 Å². The number of para-hydroxylation sites is 1. The van der Waals surface area contributed by atoms with Crippen LogP contribution in [0.25, 0.3) is 0 Å². The first kappa shape index (κ1) is 19.0. The van der Waals surface area contributed by atoms with Crippen molar-refractivity contribution in [1.29, 1.82) is 0 Å². The standard InChI is InChI=1S/C22H26N2O3/c1-15-11-12-18(13-16(15)2)27-14-21(25)24-20-10-6-5-9-19(20)22(26)23-17-7-3-4-8-17/h5-6,9-13,17H,3-4,7-8,14H2,1-2H3,(H,23,26)(H,24,25). The van der Waals surface area contributed by atoms with Crippen LogP contribution in [-0.2, 0) is 4.79 Å². The van der Waals surface area contributed by atoms with Crippen molar-refractivity contribution in [3.8, 4) is 5.75 Å². The Labute approximate surface area is 160 Å². The van der Waals surface area contributed by atoms with Crippen molar-refractivity contribution in [2.45, 2.75) is 45.6 Å². The summed E-state index contributed by atoms with van der Waals surface area (Å²) in [6.07, 6.45) is 4.34. The van der Waals surface area contributed by atoms with Gasteiger partial charge in [-0.3, -0.25) is 9.59 Å². The second kappa shape index (κ2) is 8.71. The minimum atomic E-state index is -0.297. The van der Waals surface area contributed by atoms with Crippen molar-refractivity contribution in [1.82, 2.24) is 5.32 Å². The second-order valence-corrected chi connectivity index (χ2v) is 7.08. The Morgan fingerprint density at radius 1 is 1.04 bits per heavy atom. The van der Waals surface area contributed by atoms with Gasteiger partial charge in [-0.15, -0.1) is 0 Å². The van der Waals surface area contributed by atoms with Gasteiger partial charge in [-0.25, -0.2) is 0 Å². The summed E-state index contributed by atoms with van der Waals surface area (Å²) in [6.45, 7) is 3.92.